The van der Waals surface area contributed by atoms with E-state index in [9.17, 15) is 9.50 Å². The Balaban J connectivity index is 2.22. The number of aliphatic hydroxyl groups is 1. The van der Waals surface area contributed by atoms with Crippen LogP contribution in [0.3, 0.4) is 0 Å². The smallest absolute Gasteiger partial charge is 0.137 e. The topological polar surface area (TPSA) is 32.3 Å². The van der Waals surface area contributed by atoms with Crippen molar-refractivity contribution in [3.63, 3.8) is 0 Å². The van der Waals surface area contributed by atoms with Crippen molar-refractivity contribution in [1.82, 2.24) is 5.32 Å². The van der Waals surface area contributed by atoms with E-state index >= 15 is 0 Å². The maximum absolute atomic E-state index is 13.4. The first-order valence-electron chi connectivity index (χ1n) is 5.89. The van der Waals surface area contributed by atoms with Crippen LogP contribution in [0.4, 0.5) is 4.39 Å². The number of rotatable bonds is 2. The average Bonchev–Trinajstić information content (AvgIpc) is 2.29. The van der Waals surface area contributed by atoms with Gasteiger partial charge in [-0.25, -0.2) is 4.39 Å². The van der Waals surface area contributed by atoms with Gasteiger partial charge in [0.1, 0.15) is 5.82 Å². The highest BCUT2D eigenvalue weighted by Crippen LogP contribution is 2.31. The number of halogens is 2. The molecule has 1 aromatic rings. The van der Waals surface area contributed by atoms with Gasteiger partial charge >= 0.3 is 0 Å². The zero-order chi connectivity index (χ0) is 12.5. The van der Waals surface area contributed by atoms with E-state index in [2.05, 4.69) is 21.2 Å². The minimum absolute atomic E-state index is 0.173. The van der Waals surface area contributed by atoms with Gasteiger partial charge in [-0.2, -0.15) is 0 Å². The monoisotopic (exact) mass is 301 g/mol. The van der Waals surface area contributed by atoms with Gasteiger partial charge in [-0.1, -0.05) is 19.1 Å². The molecule has 0 aromatic heterocycles. The van der Waals surface area contributed by atoms with Crippen LogP contribution in [0.25, 0.3) is 0 Å². The molecule has 94 valence electrons. The van der Waals surface area contributed by atoms with E-state index in [1.165, 1.54) is 6.07 Å². The van der Waals surface area contributed by atoms with Crippen molar-refractivity contribution < 1.29 is 9.50 Å². The summed E-state index contributed by atoms with van der Waals surface area (Å²) in [5.74, 6) is -0.0981. The van der Waals surface area contributed by atoms with Crippen molar-refractivity contribution in [2.45, 2.75) is 25.4 Å². The van der Waals surface area contributed by atoms with E-state index in [0.717, 1.165) is 18.7 Å². The van der Waals surface area contributed by atoms with Crippen molar-refractivity contribution in [3.8, 4) is 0 Å². The lowest BCUT2D eigenvalue weighted by atomic mass is 9.78. The lowest BCUT2D eigenvalue weighted by Gasteiger charge is -2.39. The van der Waals surface area contributed by atoms with Crippen molar-refractivity contribution in [2.24, 2.45) is 5.92 Å². The molecule has 2 atom stereocenters. The molecule has 0 saturated carbocycles. The molecule has 1 fully saturated rings. The largest absolute Gasteiger partial charge is 0.389 e. The SMILES string of the molecule is CC1CNCCC1(O)Cc1cccc(F)c1Br. The summed E-state index contributed by atoms with van der Waals surface area (Å²) in [6.45, 7) is 3.65. The summed E-state index contributed by atoms with van der Waals surface area (Å²) in [4.78, 5) is 0. The van der Waals surface area contributed by atoms with Gasteiger partial charge < -0.3 is 10.4 Å². The summed E-state index contributed by atoms with van der Waals surface area (Å²) in [5, 5.41) is 13.9. The van der Waals surface area contributed by atoms with Crippen LogP contribution in [0.1, 0.15) is 18.9 Å². The molecular weight excluding hydrogens is 285 g/mol. The van der Waals surface area contributed by atoms with Gasteiger partial charge in [0, 0.05) is 13.0 Å². The molecule has 4 heteroatoms. The van der Waals surface area contributed by atoms with Crippen LogP contribution in [0.2, 0.25) is 0 Å². The molecule has 1 aliphatic heterocycles. The molecule has 0 aliphatic carbocycles. The second-order valence-corrected chi connectivity index (χ2v) is 5.64. The number of piperidine rings is 1. The van der Waals surface area contributed by atoms with Gasteiger partial charge in [-0.05, 0) is 46.4 Å². The third kappa shape index (κ3) is 2.69. The highest BCUT2D eigenvalue weighted by atomic mass is 79.9. The number of hydrogen-bond donors (Lipinski definition) is 2. The maximum Gasteiger partial charge on any atom is 0.137 e. The van der Waals surface area contributed by atoms with E-state index in [4.69, 9.17) is 0 Å². The molecule has 2 unspecified atom stereocenters. The van der Waals surface area contributed by atoms with E-state index in [1.54, 1.807) is 6.07 Å². The summed E-state index contributed by atoms with van der Waals surface area (Å²) >= 11 is 3.25. The van der Waals surface area contributed by atoms with Crippen LogP contribution in [-0.4, -0.2) is 23.8 Å². The van der Waals surface area contributed by atoms with Gasteiger partial charge in [0.05, 0.1) is 10.1 Å². The highest BCUT2D eigenvalue weighted by molar-refractivity contribution is 9.10. The van der Waals surface area contributed by atoms with E-state index < -0.39 is 5.60 Å². The van der Waals surface area contributed by atoms with Gasteiger partial charge in [0.2, 0.25) is 0 Å². The molecule has 1 aliphatic rings. The summed E-state index contributed by atoms with van der Waals surface area (Å²) in [6.07, 6.45) is 1.20. The van der Waals surface area contributed by atoms with Crippen molar-refractivity contribution in [1.29, 1.82) is 0 Å². The lowest BCUT2D eigenvalue weighted by Crippen LogP contribution is -2.50. The number of hydrogen-bond acceptors (Lipinski definition) is 2. The molecule has 2 N–H and O–H groups in total. The van der Waals surface area contributed by atoms with Crippen molar-refractivity contribution in [3.05, 3.63) is 34.1 Å². The van der Waals surface area contributed by atoms with Crippen molar-refractivity contribution in [2.75, 3.05) is 13.1 Å². The molecule has 1 saturated heterocycles. The van der Waals surface area contributed by atoms with Gasteiger partial charge in [0.25, 0.3) is 0 Å². The first-order chi connectivity index (χ1) is 8.03. The first kappa shape index (κ1) is 13.0. The fraction of sp³-hybridized carbons (Fsp3) is 0.538. The maximum atomic E-state index is 13.4. The van der Waals surface area contributed by atoms with Crippen LogP contribution < -0.4 is 5.32 Å². The Labute approximate surface area is 109 Å². The van der Waals surface area contributed by atoms with E-state index in [-0.39, 0.29) is 11.7 Å². The first-order valence-corrected chi connectivity index (χ1v) is 6.68. The van der Waals surface area contributed by atoms with Gasteiger partial charge in [-0.3, -0.25) is 0 Å². The molecule has 0 amide bonds. The quantitative estimate of drug-likeness (QED) is 0.880. The van der Waals surface area contributed by atoms with Crippen LogP contribution in [0.15, 0.2) is 22.7 Å². The zero-order valence-electron chi connectivity index (χ0n) is 9.84. The Morgan fingerprint density at radius 2 is 2.35 bits per heavy atom. The Hall–Kier alpha value is -0.450. The Morgan fingerprint density at radius 3 is 3.06 bits per heavy atom. The zero-order valence-corrected chi connectivity index (χ0v) is 11.4. The Bertz CT molecular complexity index is 412. The van der Waals surface area contributed by atoms with Crippen molar-refractivity contribution >= 4 is 15.9 Å². The molecule has 0 bridgehead atoms. The molecule has 1 aromatic carbocycles. The second kappa shape index (κ2) is 5.04. The normalized spacial score (nSPS) is 29.3. The summed E-state index contributed by atoms with van der Waals surface area (Å²) < 4.78 is 13.9. The Kier molecular flexibility index (Phi) is 3.85. The number of nitrogens with one attached hydrogen (secondary N) is 1. The predicted octanol–water partition coefficient (Wildman–Crippen LogP) is 2.49. The van der Waals surface area contributed by atoms with Crippen LogP contribution in [0, 0.1) is 11.7 Å². The Morgan fingerprint density at radius 1 is 1.59 bits per heavy atom. The third-order valence-electron chi connectivity index (χ3n) is 3.63. The fourth-order valence-corrected chi connectivity index (χ4v) is 2.74. The minimum atomic E-state index is -0.735. The van der Waals surface area contributed by atoms with Crippen LogP contribution in [-0.2, 0) is 6.42 Å². The standard InChI is InChI=1S/C13H17BrFNO/c1-9-8-16-6-5-13(9,17)7-10-3-2-4-11(15)12(10)14/h2-4,9,16-17H,5-8H2,1H3. The predicted molar refractivity (Wildman–Crippen MR) is 69.4 cm³/mol. The molecule has 0 radical (unpaired) electrons. The molecule has 0 spiro atoms. The molecule has 1 heterocycles. The molecular formula is C13H17BrFNO. The van der Waals surface area contributed by atoms with Gasteiger partial charge in [-0.15, -0.1) is 0 Å². The van der Waals surface area contributed by atoms with Crippen LogP contribution >= 0.6 is 15.9 Å². The average molecular weight is 302 g/mol. The van der Waals surface area contributed by atoms with Gasteiger partial charge in [0.15, 0.2) is 0 Å². The fourth-order valence-electron chi connectivity index (χ4n) is 2.34. The highest BCUT2D eigenvalue weighted by Gasteiger charge is 2.36. The molecule has 17 heavy (non-hydrogen) atoms. The second-order valence-electron chi connectivity index (χ2n) is 4.85. The molecule has 2 rings (SSSR count). The number of benzene rings is 1. The minimum Gasteiger partial charge on any atom is -0.389 e. The third-order valence-corrected chi connectivity index (χ3v) is 4.52. The summed E-state index contributed by atoms with van der Waals surface area (Å²) in [6, 6.07) is 4.97. The summed E-state index contributed by atoms with van der Waals surface area (Å²) in [7, 11) is 0. The lowest BCUT2D eigenvalue weighted by molar-refractivity contribution is -0.0331. The van der Waals surface area contributed by atoms with Crippen LogP contribution in [0.5, 0.6) is 0 Å². The summed E-state index contributed by atoms with van der Waals surface area (Å²) in [5.41, 5.74) is 0.0999. The van der Waals surface area contributed by atoms with E-state index in [1.807, 2.05) is 13.0 Å². The van der Waals surface area contributed by atoms with E-state index in [0.29, 0.717) is 17.3 Å². The molecule has 2 nitrogen and oxygen atoms in total.